The van der Waals surface area contributed by atoms with Crippen LogP contribution in [-0.4, -0.2) is 37.6 Å². The van der Waals surface area contributed by atoms with Gasteiger partial charge in [-0.25, -0.2) is 4.39 Å². The van der Waals surface area contributed by atoms with Gasteiger partial charge in [-0.2, -0.15) is 0 Å². The molecule has 0 aliphatic carbocycles. The van der Waals surface area contributed by atoms with Gasteiger partial charge in [-0.15, -0.1) is 0 Å². The highest BCUT2D eigenvalue weighted by molar-refractivity contribution is 5.78. The van der Waals surface area contributed by atoms with Crippen molar-refractivity contribution in [1.29, 1.82) is 0 Å². The molecule has 1 aliphatic rings. The van der Waals surface area contributed by atoms with E-state index in [0.29, 0.717) is 19.7 Å². The Kier molecular flexibility index (Phi) is 5.11. The summed E-state index contributed by atoms with van der Waals surface area (Å²) in [6.07, 6.45) is 0.136. The van der Waals surface area contributed by atoms with Crippen LogP contribution in [0.25, 0.3) is 0 Å². The predicted molar refractivity (Wildman–Crippen MR) is 88.4 cm³/mol. The Balaban J connectivity index is 1.63. The monoisotopic (exact) mass is 329 g/mol. The molecule has 3 rings (SSSR count). The lowest BCUT2D eigenvalue weighted by Crippen LogP contribution is -2.42. The van der Waals surface area contributed by atoms with Crippen molar-refractivity contribution in [1.82, 2.24) is 4.90 Å². The molecule has 0 N–H and O–H groups in total. The van der Waals surface area contributed by atoms with Crippen LogP contribution in [-0.2, 0) is 16.0 Å². The van der Waals surface area contributed by atoms with Crippen molar-refractivity contribution in [2.24, 2.45) is 0 Å². The first-order valence-electron chi connectivity index (χ1n) is 7.93. The summed E-state index contributed by atoms with van der Waals surface area (Å²) in [5.41, 5.74) is 1.84. The van der Waals surface area contributed by atoms with Gasteiger partial charge in [0, 0.05) is 6.54 Å². The lowest BCUT2D eigenvalue weighted by Gasteiger charge is -2.33. The third kappa shape index (κ3) is 3.92. The van der Waals surface area contributed by atoms with Gasteiger partial charge < -0.3 is 14.4 Å². The number of halogens is 1. The van der Waals surface area contributed by atoms with Crippen LogP contribution in [0.2, 0.25) is 0 Å². The van der Waals surface area contributed by atoms with Gasteiger partial charge in [-0.1, -0.05) is 24.3 Å². The van der Waals surface area contributed by atoms with Gasteiger partial charge >= 0.3 is 0 Å². The van der Waals surface area contributed by atoms with Crippen molar-refractivity contribution in [2.45, 2.75) is 12.5 Å². The minimum atomic E-state index is -0.294. The molecule has 0 aromatic heterocycles. The average Bonchev–Trinajstić information content (AvgIpc) is 2.64. The maximum atomic E-state index is 13.0. The van der Waals surface area contributed by atoms with Crippen LogP contribution in [0, 0.1) is 5.82 Å². The minimum Gasteiger partial charge on any atom is -0.497 e. The van der Waals surface area contributed by atoms with E-state index >= 15 is 0 Å². The van der Waals surface area contributed by atoms with Gasteiger partial charge in [0.15, 0.2) is 0 Å². The fraction of sp³-hybridized carbons (Fsp3) is 0.316. The van der Waals surface area contributed by atoms with E-state index in [2.05, 4.69) is 0 Å². The van der Waals surface area contributed by atoms with Crippen LogP contribution in [0.4, 0.5) is 4.39 Å². The second-order valence-corrected chi connectivity index (χ2v) is 5.78. The van der Waals surface area contributed by atoms with Crippen LogP contribution < -0.4 is 4.74 Å². The van der Waals surface area contributed by atoms with E-state index in [1.165, 1.54) is 12.1 Å². The maximum Gasteiger partial charge on any atom is 0.227 e. The lowest BCUT2D eigenvalue weighted by atomic mass is 10.1. The Morgan fingerprint density at radius 3 is 2.58 bits per heavy atom. The molecule has 126 valence electrons. The van der Waals surface area contributed by atoms with Gasteiger partial charge in [0.05, 0.1) is 26.7 Å². The highest BCUT2D eigenvalue weighted by Gasteiger charge is 2.25. The highest BCUT2D eigenvalue weighted by Crippen LogP contribution is 2.24. The molecule has 1 amide bonds. The zero-order valence-corrected chi connectivity index (χ0v) is 13.6. The highest BCUT2D eigenvalue weighted by atomic mass is 19.1. The largest absolute Gasteiger partial charge is 0.497 e. The Bertz CT molecular complexity index is 685. The molecule has 0 spiro atoms. The van der Waals surface area contributed by atoms with E-state index in [1.54, 1.807) is 19.2 Å². The van der Waals surface area contributed by atoms with Crippen molar-refractivity contribution in [3.05, 3.63) is 65.5 Å². The molecule has 4 nitrogen and oxygen atoms in total. The summed E-state index contributed by atoms with van der Waals surface area (Å²) in [5.74, 6) is 0.527. The molecule has 0 radical (unpaired) electrons. The molecule has 1 atom stereocenters. The second kappa shape index (κ2) is 7.45. The second-order valence-electron chi connectivity index (χ2n) is 5.78. The van der Waals surface area contributed by atoms with Crippen molar-refractivity contribution in [3.8, 4) is 5.75 Å². The summed E-state index contributed by atoms with van der Waals surface area (Å²) in [6, 6.07) is 13.7. The smallest absolute Gasteiger partial charge is 0.227 e. The summed E-state index contributed by atoms with van der Waals surface area (Å²) in [7, 11) is 1.63. The molecule has 1 heterocycles. The molecular formula is C19H20FNO3. The predicted octanol–water partition coefficient (Wildman–Crippen LogP) is 2.98. The van der Waals surface area contributed by atoms with E-state index in [-0.39, 0.29) is 24.2 Å². The topological polar surface area (TPSA) is 38.8 Å². The first-order valence-corrected chi connectivity index (χ1v) is 7.93. The van der Waals surface area contributed by atoms with Gasteiger partial charge in [0.2, 0.25) is 5.91 Å². The van der Waals surface area contributed by atoms with Gasteiger partial charge in [0.25, 0.3) is 0 Å². The number of carbonyl (C=O) groups is 1. The number of morpholine rings is 1. The SMILES string of the molecule is COc1ccc(C2CN(C(=O)Cc3ccc(F)cc3)CCO2)cc1. The molecule has 5 heteroatoms. The third-order valence-electron chi connectivity index (χ3n) is 4.18. The quantitative estimate of drug-likeness (QED) is 0.866. The van der Waals surface area contributed by atoms with Crippen LogP contribution in [0.1, 0.15) is 17.2 Å². The van der Waals surface area contributed by atoms with Crippen LogP contribution >= 0.6 is 0 Å². The van der Waals surface area contributed by atoms with E-state index in [4.69, 9.17) is 9.47 Å². The Morgan fingerprint density at radius 1 is 1.21 bits per heavy atom. The molecule has 2 aromatic carbocycles. The van der Waals surface area contributed by atoms with Gasteiger partial charge in [-0.05, 0) is 35.4 Å². The van der Waals surface area contributed by atoms with Gasteiger partial charge in [0.1, 0.15) is 17.7 Å². The number of ether oxygens (including phenoxy) is 2. The lowest BCUT2D eigenvalue weighted by molar-refractivity contribution is -0.138. The molecule has 0 bridgehead atoms. The summed E-state index contributed by atoms with van der Waals surface area (Å²) in [6.45, 7) is 1.60. The molecular weight excluding hydrogens is 309 g/mol. The molecule has 2 aromatic rings. The van der Waals surface area contributed by atoms with Crippen LogP contribution in [0.5, 0.6) is 5.75 Å². The van der Waals surface area contributed by atoms with E-state index < -0.39 is 0 Å². The summed E-state index contributed by atoms with van der Waals surface area (Å²) in [5, 5.41) is 0. The van der Waals surface area contributed by atoms with Crippen molar-refractivity contribution in [3.63, 3.8) is 0 Å². The number of hydrogen-bond donors (Lipinski definition) is 0. The van der Waals surface area contributed by atoms with E-state index in [0.717, 1.165) is 16.9 Å². The van der Waals surface area contributed by atoms with Crippen LogP contribution in [0.3, 0.4) is 0 Å². The zero-order chi connectivity index (χ0) is 16.9. The van der Waals surface area contributed by atoms with Crippen molar-refractivity contribution in [2.75, 3.05) is 26.8 Å². The first-order chi connectivity index (χ1) is 11.7. The molecule has 1 unspecified atom stereocenters. The minimum absolute atomic E-state index is 0.0309. The number of rotatable bonds is 4. The number of amides is 1. The maximum absolute atomic E-state index is 13.0. The Morgan fingerprint density at radius 2 is 1.92 bits per heavy atom. The van der Waals surface area contributed by atoms with Crippen molar-refractivity contribution < 1.29 is 18.7 Å². The van der Waals surface area contributed by atoms with E-state index in [1.807, 2.05) is 29.2 Å². The zero-order valence-electron chi connectivity index (χ0n) is 13.6. The van der Waals surface area contributed by atoms with E-state index in [9.17, 15) is 9.18 Å². The molecule has 1 aliphatic heterocycles. The third-order valence-corrected chi connectivity index (χ3v) is 4.18. The number of hydrogen-bond acceptors (Lipinski definition) is 3. The molecule has 1 fully saturated rings. The molecule has 0 saturated carbocycles. The Labute approximate surface area is 140 Å². The number of nitrogens with zero attached hydrogens (tertiary/aromatic N) is 1. The summed E-state index contributed by atoms with van der Waals surface area (Å²) < 4.78 is 23.9. The standard InChI is InChI=1S/C19H20FNO3/c1-23-17-8-4-15(5-9-17)18-13-21(10-11-24-18)19(22)12-14-2-6-16(20)7-3-14/h2-9,18H,10-13H2,1H3. The fourth-order valence-corrected chi connectivity index (χ4v) is 2.78. The average molecular weight is 329 g/mol. The number of carbonyl (C=O) groups excluding carboxylic acids is 1. The summed E-state index contributed by atoms with van der Waals surface area (Å²) >= 11 is 0. The fourth-order valence-electron chi connectivity index (χ4n) is 2.78. The summed E-state index contributed by atoms with van der Waals surface area (Å²) in [4.78, 5) is 14.3. The Hall–Kier alpha value is -2.40. The number of methoxy groups -OCH3 is 1. The molecule has 1 saturated heterocycles. The first kappa shape index (κ1) is 16.5. The molecule has 24 heavy (non-hydrogen) atoms. The van der Waals surface area contributed by atoms with Crippen LogP contribution in [0.15, 0.2) is 48.5 Å². The van der Waals surface area contributed by atoms with Gasteiger partial charge in [-0.3, -0.25) is 4.79 Å². The van der Waals surface area contributed by atoms with Crippen molar-refractivity contribution >= 4 is 5.91 Å². The number of benzene rings is 2. The normalized spacial score (nSPS) is 17.6.